The minimum atomic E-state index is -0.567. The highest BCUT2D eigenvalue weighted by atomic mass is 35.5. The smallest absolute Gasteiger partial charge is 0.340 e. The standard InChI is InChI=1S/C18H16ClN5O2/c1-11-6-8-12(9-7-11)21-18-23-15(22-17(20)24-18)10-26-16(25)13-4-2-3-5-14(13)19/h2-9H,10H2,1H3,(H3,20,21,22,23,24). The van der Waals surface area contributed by atoms with Crippen molar-refractivity contribution in [3.63, 3.8) is 0 Å². The molecule has 0 bridgehead atoms. The lowest BCUT2D eigenvalue weighted by Gasteiger charge is -2.09. The fraction of sp³-hybridized carbons (Fsp3) is 0.111. The van der Waals surface area contributed by atoms with Crippen LogP contribution in [0.4, 0.5) is 17.6 Å². The number of carbonyl (C=O) groups excluding carboxylic acids is 1. The molecule has 0 aliphatic rings. The fourth-order valence-corrected chi connectivity index (χ4v) is 2.37. The molecule has 0 saturated heterocycles. The van der Waals surface area contributed by atoms with E-state index in [1.165, 1.54) is 0 Å². The van der Waals surface area contributed by atoms with E-state index in [0.29, 0.717) is 5.02 Å². The summed E-state index contributed by atoms with van der Waals surface area (Å²) in [6.07, 6.45) is 0. The van der Waals surface area contributed by atoms with Crippen LogP contribution in [0, 0.1) is 6.92 Å². The average Bonchev–Trinajstić information content (AvgIpc) is 2.62. The van der Waals surface area contributed by atoms with Gasteiger partial charge in [0.05, 0.1) is 10.6 Å². The number of aromatic nitrogens is 3. The van der Waals surface area contributed by atoms with Crippen molar-refractivity contribution in [3.05, 3.63) is 70.5 Å². The Balaban J connectivity index is 1.70. The molecular weight excluding hydrogens is 354 g/mol. The Bertz CT molecular complexity index is 931. The highest BCUT2D eigenvalue weighted by Gasteiger charge is 2.13. The van der Waals surface area contributed by atoms with E-state index < -0.39 is 5.97 Å². The number of nitrogens with two attached hydrogens (primary N) is 1. The van der Waals surface area contributed by atoms with Crippen LogP contribution in [-0.2, 0) is 11.3 Å². The summed E-state index contributed by atoms with van der Waals surface area (Å²) in [6.45, 7) is 1.84. The largest absolute Gasteiger partial charge is 0.454 e. The topological polar surface area (TPSA) is 103 Å². The number of benzene rings is 2. The van der Waals surface area contributed by atoms with Gasteiger partial charge in [-0.1, -0.05) is 41.4 Å². The van der Waals surface area contributed by atoms with Crippen LogP contribution in [0.25, 0.3) is 0 Å². The number of ether oxygens (including phenoxy) is 1. The summed E-state index contributed by atoms with van der Waals surface area (Å²) >= 11 is 5.98. The SMILES string of the molecule is Cc1ccc(Nc2nc(N)nc(COC(=O)c3ccccc3Cl)n2)cc1. The zero-order valence-electron chi connectivity index (χ0n) is 13.9. The van der Waals surface area contributed by atoms with Gasteiger partial charge >= 0.3 is 5.97 Å². The highest BCUT2D eigenvalue weighted by molar-refractivity contribution is 6.33. The first-order valence-electron chi connectivity index (χ1n) is 7.77. The third kappa shape index (κ3) is 4.46. The zero-order chi connectivity index (χ0) is 18.5. The summed E-state index contributed by atoms with van der Waals surface area (Å²) in [5.41, 5.74) is 7.93. The van der Waals surface area contributed by atoms with Crippen molar-refractivity contribution in [2.24, 2.45) is 0 Å². The maximum Gasteiger partial charge on any atom is 0.340 e. The van der Waals surface area contributed by atoms with Gasteiger partial charge in [0.2, 0.25) is 11.9 Å². The molecule has 0 aliphatic carbocycles. The predicted octanol–water partition coefficient (Wildman–Crippen LogP) is 3.52. The molecule has 7 nitrogen and oxygen atoms in total. The zero-order valence-corrected chi connectivity index (χ0v) is 14.7. The molecule has 0 unspecified atom stereocenters. The first-order valence-corrected chi connectivity index (χ1v) is 8.15. The van der Waals surface area contributed by atoms with Crippen LogP contribution < -0.4 is 11.1 Å². The van der Waals surface area contributed by atoms with E-state index in [2.05, 4.69) is 20.3 Å². The molecule has 1 aromatic heterocycles. The quantitative estimate of drug-likeness (QED) is 0.663. The normalized spacial score (nSPS) is 10.4. The summed E-state index contributed by atoms with van der Waals surface area (Å²) in [6, 6.07) is 14.3. The molecule has 2 aromatic carbocycles. The van der Waals surface area contributed by atoms with E-state index >= 15 is 0 Å². The van der Waals surface area contributed by atoms with Gasteiger partial charge in [-0.05, 0) is 31.2 Å². The predicted molar refractivity (Wildman–Crippen MR) is 99.3 cm³/mol. The minimum Gasteiger partial charge on any atom is -0.454 e. The van der Waals surface area contributed by atoms with Gasteiger partial charge in [-0.15, -0.1) is 0 Å². The molecule has 0 aliphatic heterocycles. The first kappa shape index (κ1) is 17.6. The van der Waals surface area contributed by atoms with E-state index in [4.69, 9.17) is 22.1 Å². The summed E-state index contributed by atoms with van der Waals surface area (Å²) in [5.74, 6) is -0.0429. The van der Waals surface area contributed by atoms with Crippen LogP contribution in [0.2, 0.25) is 5.02 Å². The Kier molecular flexibility index (Phi) is 5.28. The summed E-state index contributed by atoms with van der Waals surface area (Å²) < 4.78 is 5.21. The van der Waals surface area contributed by atoms with Crippen LogP contribution in [0.15, 0.2) is 48.5 Å². The molecule has 8 heteroatoms. The van der Waals surface area contributed by atoms with Gasteiger partial charge in [0, 0.05) is 5.69 Å². The van der Waals surface area contributed by atoms with E-state index in [1.54, 1.807) is 24.3 Å². The van der Waals surface area contributed by atoms with Crippen molar-refractivity contribution in [1.82, 2.24) is 15.0 Å². The highest BCUT2D eigenvalue weighted by Crippen LogP contribution is 2.17. The monoisotopic (exact) mass is 369 g/mol. The van der Waals surface area contributed by atoms with Crippen LogP contribution in [-0.4, -0.2) is 20.9 Å². The number of nitrogens with zero attached hydrogens (tertiary/aromatic N) is 3. The number of esters is 1. The van der Waals surface area contributed by atoms with Crippen molar-refractivity contribution in [1.29, 1.82) is 0 Å². The van der Waals surface area contributed by atoms with Crippen LogP contribution in [0.5, 0.6) is 0 Å². The molecule has 132 valence electrons. The third-order valence-electron chi connectivity index (χ3n) is 3.43. The molecule has 0 radical (unpaired) electrons. The maximum atomic E-state index is 12.1. The molecule has 0 amide bonds. The minimum absolute atomic E-state index is 0.0263. The van der Waals surface area contributed by atoms with Crippen LogP contribution >= 0.6 is 11.6 Å². The fourth-order valence-electron chi connectivity index (χ4n) is 2.16. The van der Waals surface area contributed by atoms with Crippen molar-refractivity contribution < 1.29 is 9.53 Å². The summed E-state index contributed by atoms with van der Waals surface area (Å²) in [4.78, 5) is 24.3. The summed E-state index contributed by atoms with van der Waals surface area (Å²) in [5, 5.41) is 3.35. The lowest BCUT2D eigenvalue weighted by atomic mass is 10.2. The number of carbonyl (C=O) groups is 1. The number of halogens is 1. The van der Waals surface area contributed by atoms with Crippen LogP contribution in [0.3, 0.4) is 0 Å². The number of nitrogen functional groups attached to an aromatic ring is 1. The molecule has 3 N–H and O–H groups in total. The number of hydrogen-bond acceptors (Lipinski definition) is 7. The van der Waals surface area contributed by atoms with Gasteiger partial charge in [-0.3, -0.25) is 0 Å². The van der Waals surface area contributed by atoms with Gasteiger partial charge in [0.1, 0.15) is 0 Å². The van der Waals surface area contributed by atoms with E-state index in [1.807, 2.05) is 31.2 Å². The van der Waals surface area contributed by atoms with Crippen molar-refractivity contribution in [3.8, 4) is 0 Å². The van der Waals surface area contributed by atoms with Gasteiger partial charge < -0.3 is 15.8 Å². The molecule has 1 heterocycles. The molecular formula is C18H16ClN5O2. The molecule has 3 aromatic rings. The van der Waals surface area contributed by atoms with E-state index in [0.717, 1.165) is 11.3 Å². The van der Waals surface area contributed by atoms with Gasteiger partial charge in [-0.2, -0.15) is 15.0 Å². The molecule has 0 atom stereocenters. The number of rotatable bonds is 5. The van der Waals surface area contributed by atoms with Gasteiger partial charge in [-0.25, -0.2) is 4.79 Å². The van der Waals surface area contributed by atoms with Crippen molar-refractivity contribution in [2.45, 2.75) is 13.5 Å². The average molecular weight is 370 g/mol. The van der Waals surface area contributed by atoms with E-state index in [-0.39, 0.29) is 29.9 Å². The molecule has 0 spiro atoms. The second-order valence-electron chi connectivity index (χ2n) is 5.48. The molecule has 26 heavy (non-hydrogen) atoms. The Hall–Kier alpha value is -3.19. The Morgan fingerprint density at radius 2 is 1.85 bits per heavy atom. The Morgan fingerprint density at radius 1 is 1.12 bits per heavy atom. The van der Waals surface area contributed by atoms with E-state index in [9.17, 15) is 4.79 Å². The lowest BCUT2D eigenvalue weighted by Crippen LogP contribution is -2.11. The number of anilines is 3. The lowest BCUT2D eigenvalue weighted by molar-refractivity contribution is 0.0462. The summed E-state index contributed by atoms with van der Waals surface area (Å²) in [7, 11) is 0. The second-order valence-corrected chi connectivity index (χ2v) is 5.89. The van der Waals surface area contributed by atoms with Gasteiger partial charge in [0.15, 0.2) is 12.4 Å². The van der Waals surface area contributed by atoms with Gasteiger partial charge in [0.25, 0.3) is 0 Å². The molecule has 3 rings (SSSR count). The number of aryl methyl sites for hydroxylation is 1. The first-order chi connectivity index (χ1) is 12.5. The second kappa shape index (κ2) is 7.79. The Morgan fingerprint density at radius 3 is 2.58 bits per heavy atom. The third-order valence-corrected chi connectivity index (χ3v) is 3.76. The number of nitrogens with one attached hydrogen (secondary N) is 1. The maximum absolute atomic E-state index is 12.1. The van der Waals surface area contributed by atoms with Crippen molar-refractivity contribution in [2.75, 3.05) is 11.1 Å². The van der Waals surface area contributed by atoms with Crippen LogP contribution in [0.1, 0.15) is 21.7 Å². The van der Waals surface area contributed by atoms with Crippen molar-refractivity contribution >= 4 is 35.2 Å². The Labute approximate surface area is 155 Å². The molecule has 0 saturated carbocycles. The number of hydrogen-bond donors (Lipinski definition) is 2. The molecule has 0 fully saturated rings.